The first-order valence-electron chi connectivity index (χ1n) is 4.06. The zero-order valence-electron chi connectivity index (χ0n) is 8.14. The number of pyridine rings is 1. The Kier molecular flexibility index (Phi) is 4.19. The number of nitrogens with two attached hydrogens (primary N) is 1. The maximum absolute atomic E-state index is 12.0. The molecular weight excluding hydrogens is 340 g/mol. The fourth-order valence-electron chi connectivity index (χ4n) is 1.03. The number of hydrogen-bond acceptors (Lipinski definition) is 4. The van der Waals surface area contributed by atoms with Gasteiger partial charge in [-0.2, -0.15) is 0 Å². The number of nitrogens with zero attached hydrogens (tertiary/aromatic N) is 1. The third kappa shape index (κ3) is 3.11. The van der Waals surface area contributed by atoms with Crippen LogP contribution in [0.3, 0.4) is 0 Å². The molecule has 1 rings (SSSR count). The van der Waals surface area contributed by atoms with Crippen molar-refractivity contribution in [2.75, 3.05) is 7.11 Å². The van der Waals surface area contributed by atoms with E-state index in [1.807, 2.05) is 0 Å². The van der Waals surface area contributed by atoms with Gasteiger partial charge in [0.05, 0.1) is 16.9 Å². The van der Waals surface area contributed by atoms with E-state index in [9.17, 15) is 13.2 Å². The molecule has 0 aliphatic heterocycles. The predicted octanol–water partition coefficient (Wildman–Crippen LogP) is 2.05. The Morgan fingerprint density at radius 3 is 2.56 bits per heavy atom. The van der Waals surface area contributed by atoms with Gasteiger partial charge in [-0.05, 0) is 22.6 Å². The molecule has 0 amide bonds. The van der Waals surface area contributed by atoms with Crippen LogP contribution >= 0.6 is 22.6 Å². The van der Waals surface area contributed by atoms with E-state index in [4.69, 9.17) is 10.5 Å². The molecule has 0 saturated carbocycles. The van der Waals surface area contributed by atoms with Gasteiger partial charge < -0.3 is 15.2 Å². The number of aromatic nitrogens is 1. The van der Waals surface area contributed by atoms with Crippen LogP contribution in [0.1, 0.15) is 5.56 Å². The minimum atomic E-state index is -4.76. The van der Waals surface area contributed by atoms with Gasteiger partial charge in [0, 0.05) is 12.1 Å². The third-order valence-corrected chi connectivity index (χ3v) is 2.78. The Hall–Kier alpha value is -0.770. The van der Waals surface area contributed by atoms with Crippen LogP contribution in [-0.4, -0.2) is 18.5 Å². The number of alkyl halides is 3. The number of hydrogen-bond donors (Lipinski definition) is 1. The molecule has 0 unspecified atom stereocenters. The van der Waals surface area contributed by atoms with Crippen molar-refractivity contribution < 1.29 is 22.6 Å². The molecule has 0 radical (unpaired) electrons. The predicted molar refractivity (Wildman–Crippen MR) is 58.1 cm³/mol. The average Bonchev–Trinajstić information content (AvgIpc) is 2.16. The lowest BCUT2D eigenvalue weighted by Crippen LogP contribution is -2.19. The van der Waals surface area contributed by atoms with Gasteiger partial charge >= 0.3 is 6.36 Å². The molecule has 4 nitrogen and oxygen atoms in total. The van der Waals surface area contributed by atoms with Gasteiger partial charge in [-0.1, -0.05) is 0 Å². The molecular formula is C8H8F3IN2O2. The van der Waals surface area contributed by atoms with Gasteiger partial charge in [0.15, 0.2) is 5.75 Å². The van der Waals surface area contributed by atoms with Crippen molar-refractivity contribution in [3.8, 4) is 11.6 Å². The lowest BCUT2D eigenvalue weighted by molar-refractivity contribution is -0.275. The van der Waals surface area contributed by atoms with Crippen molar-refractivity contribution in [2.45, 2.75) is 12.9 Å². The highest BCUT2D eigenvalue weighted by Gasteiger charge is 2.33. The molecule has 90 valence electrons. The fraction of sp³-hybridized carbons (Fsp3) is 0.375. The first kappa shape index (κ1) is 13.3. The normalized spacial score (nSPS) is 11.4. The zero-order valence-corrected chi connectivity index (χ0v) is 10.3. The standard InChI is InChI=1S/C8H8F3IN2O2/c1-15-7-6(12)4(2-13)5(3-14-7)16-8(9,10)11/h3H,2,13H2,1H3. The smallest absolute Gasteiger partial charge is 0.480 e. The summed E-state index contributed by atoms with van der Waals surface area (Å²) >= 11 is 1.80. The van der Waals surface area contributed by atoms with Crippen LogP contribution in [0.5, 0.6) is 11.6 Å². The van der Waals surface area contributed by atoms with Crippen molar-refractivity contribution in [3.05, 3.63) is 15.3 Å². The van der Waals surface area contributed by atoms with Crippen molar-refractivity contribution in [3.63, 3.8) is 0 Å². The van der Waals surface area contributed by atoms with E-state index in [2.05, 4.69) is 9.72 Å². The van der Waals surface area contributed by atoms with E-state index in [-0.39, 0.29) is 18.0 Å². The summed E-state index contributed by atoms with van der Waals surface area (Å²) in [5.41, 5.74) is 5.57. The van der Waals surface area contributed by atoms with Gasteiger partial charge in [-0.25, -0.2) is 4.98 Å². The Labute approximate surface area is 103 Å². The molecule has 1 aromatic heterocycles. The van der Waals surface area contributed by atoms with Crippen LogP contribution in [0.15, 0.2) is 6.20 Å². The van der Waals surface area contributed by atoms with Crippen molar-refractivity contribution in [1.82, 2.24) is 4.98 Å². The first-order valence-corrected chi connectivity index (χ1v) is 5.14. The van der Waals surface area contributed by atoms with Crippen LogP contribution < -0.4 is 15.2 Å². The molecule has 0 aromatic carbocycles. The van der Waals surface area contributed by atoms with Crippen LogP contribution in [-0.2, 0) is 6.54 Å². The Balaban J connectivity index is 3.16. The fourth-order valence-corrected chi connectivity index (χ4v) is 1.88. The summed E-state index contributed by atoms with van der Waals surface area (Å²) in [5, 5.41) is 0. The minimum absolute atomic E-state index is 0.0947. The first-order chi connectivity index (χ1) is 7.39. The van der Waals surface area contributed by atoms with E-state index in [1.54, 1.807) is 22.6 Å². The SMILES string of the molecule is COc1ncc(OC(F)(F)F)c(CN)c1I. The van der Waals surface area contributed by atoms with Gasteiger partial charge in [0.25, 0.3) is 0 Å². The molecule has 0 saturated heterocycles. The van der Waals surface area contributed by atoms with Crippen LogP contribution in [0.25, 0.3) is 0 Å². The number of methoxy groups -OCH3 is 1. The molecule has 0 atom stereocenters. The molecule has 0 bridgehead atoms. The molecule has 0 aliphatic carbocycles. The van der Waals surface area contributed by atoms with E-state index in [0.717, 1.165) is 6.20 Å². The highest BCUT2D eigenvalue weighted by atomic mass is 127. The summed E-state index contributed by atoms with van der Waals surface area (Å²) < 4.78 is 45.2. The van der Waals surface area contributed by atoms with E-state index >= 15 is 0 Å². The molecule has 16 heavy (non-hydrogen) atoms. The summed E-state index contributed by atoms with van der Waals surface area (Å²) in [6.07, 6.45) is -3.82. The lowest BCUT2D eigenvalue weighted by atomic mass is 10.2. The highest BCUT2D eigenvalue weighted by molar-refractivity contribution is 14.1. The molecule has 0 spiro atoms. The molecule has 0 aliphatic rings. The Morgan fingerprint density at radius 2 is 2.12 bits per heavy atom. The lowest BCUT2D eigenvalue weighted by Gasteiger charge is -2.14. The molecule has 2 N–H and O–H groups in total. The van der Waals surface area contributed by atoms with Crippen molar-refractivity contribution in [1.29, 1.82) is 0 Å². The van der Waals surface area contributed by atoms with Crippen LogP contribution in [0.2, 0.25) is 0 Å². The summed E-state index contributed by atoms with van der Waals surface area (Å²) in [6.45, 7) is -0.0947. The zero-order chi connectivity index (χ0) is 12.3. The average molecular weight is 348 g/mol. The van der Waals surface area contributed by atoms with Crippen LogP contribution in [0.4, 0.5) is 13.2 Å². The minimum Gasteiger partial charge on any atom is -0.480 e. The monoisotopic (exact) mass is 348 g/mol. The highest BCUT2D eigenvalue weighted by Crippen LogP contribution is 2.32. The van der Waals surface area contributed by atoms with Crippen LogP contribution in [0, 0.1) is 3.57 Å². The second kappa shape index (κ2) is 5.04. The van der Waals surface area contributed by atoms with E-state index < -0.39 is 12.1 Å². The molecule has 1 aromatic rings. The topological polar surface area (TPSA) is 57.4 Å². The number of ether oxygens (including phenoxy) is 2. The second-order valence-corrected chi connectivity index (χ2v) is 3.75. The largest absolute Gasteiger partial charge is 0.573 e. The molecule has 8 heteroatoms. The van der Waals surface area contributed by atoms with E-state index in [1.165, 1.54) is 7.11 Å². The summed E-state index contributed by atoms with van der Waals surface area (Å²) in [7, 11) is 1.37. The summed E-state index contributed by atoms with van der Waals surface area (Å²) in [5.74, 6) is -0.184. The van der Waals surface area contributed by atoms with Crippen molar-refractivity contribution >= 4 is 22.6 Å². The molecule has 1 heterocycles. The maximum Gasteiger partial charge on any atom is 0.573 e. The van der Waals surface area contributed by atoms with Crippen molar-refractivity contribution in [2.24, 2.45) is 5.73 Å². The maximum atomic E-state index is 12.0. The second-order valence-electron chi connectivity index (χ2n) is 2.68. The quantitative estimate of drug-likeness (QED) is 0.850. The Morgan fingerprint density at radius 1 is 1.50 bits per heavy atom. The number of rotatable bonds is 3. The van der Waals surface area contributed by atoms with Gasteiger partial charge in [0.2, 0.25) is 5.88 Å². The van der Waals surface area contributed by atoms with Gasteiger partial charge in [-0.3, -0.25) is 0 Å². The Bertz CT molecular complexity index is 384. The summed E-state index contributed by atoms with van der Waals surface area (Å²) in [4.78, 5) is 3.68. The molecule has 0 fully saturated rings. The number of halogens is 4. The summed E-state index contributed by atoms with van der Waals surface area (Å²) in [6, 6.07) is 0. The van der Waals surface area contributed by atoms with Gasteiger partial charge in [0.1, 0.15) is 0 Å². The third-order valence-electron chi connectivity index (χ3n) is 1.67. The van der Waals surface area contributed by atoms with E-state index in [0.29, 0.717) is 3.57 Å². The van der Waals surface area contributed by atoms with Gasteiger partial charge in [-0.15, -0.1) is 13.2 Å².